The van der Waals surface area contributed by atoms with Gasteiger partial charge in [0.1, 0.15) is 0 Å². The molecule has 0 aromatic heterocycles. The molecule has 1 fully saturated rings. The summed E-state index contributed by atoms with van der Waals surface area (Å²) in [5, 5.41) is 0. The molecule has 2 aliphatic rings. The first kappa shape index (κ1) is 11.6. The molecular weight excluding hydrogens is 208 g/mol. The predicted octanol–water partition coefficient (Wildman–Crippen LogP) is 1.65. The Morgan fingerprint density at radius 2 is 2.38 bits per heavy atom. The number of hydrogen-bond acceptors (Lipinski definition) is 4. The number of carbonyl (C=O) groups excluding carboxylic acids is 1. The van der Waals surface area contributed by atoms with Crippen LogP contribution in [0.2, 0.25) is 0 Å². The fourth-order valence-corrected chi connectivity index (χ4v) is 2.28. The van der Waals surface area contributed by atoms with Crippen molar-refractivity contribution in [3.05, 3.63) is 12.2 Å². The summed E-state index contributed by atoms with van der Waals surface area (Å²) in [5.41, 5.74) is 0. The van der Waals surface area contributed by atoms with Gasteiger partial charge in [-0.1, -0.05) is 12.2 Å². The van der Waals surface area contributed by atoms with Gasteiger partial charge >= 0.3 is 5.97 Å². The predicted molar refractivity (Wildman–Crippen MR) is 57.7 cm³/mol. The maximum Gasteiger partial charge on any atom is 0.308 e. The first-order valence-corrected chi connectivity index (χ1v) is 5.84. The highest BCUT2D eigenvalue weighted by molar-refractivity contribution is 5.70. The molecule has 2 aliphatic heterocycles. The maximum atomic E-state index is 11.6. The van der Waals surface area contributed by atoms with Gasteiger partial charge < -0.3 is 14.2 Å². The molecule has 4 nitrogen and oxygen atoms in total. The van der Waals surface area contributed by atoms with Crippen molar-refractivity contribution in [3.8, 4) is 0 Å². The first-order chi connectivity index (χ1) is 7.69. The smallest absolute Gasteiger partial charge is 0.308 e. The molecule has 0 N–H and O–H groups in total. The number of ether oxygens (including phenoxy) is 3. The third-order valence-electron chi connectivity index (χ3n) is 2.97. The molecular formula is C12H18O4. The quantitative estimate of drug-likeness (QED) is 0.406. The number of rotatable bonds is 5. The van der Waals surface area contributed by atoms with Crippen LogP contribution in [0.25, 0.3) is 0 Å². The largest absolute Gasteiger partial charge is 0.436 e. The number of esters is 1. The Morgan fingerprint density at radius 1 is 1.56 bits per heavy atom. The summed E-state index contributed by atoms with van der Waals surface area (Å²) in [4.78, 5) is 11.6. The van der Waals surface area contributed by atoms with Gasteiger partial charge in [0.05, 0.1) is 18.6 Å². The molecule has 0 amide bonds. The van der Waals surface area contributed by atoms with Crippen LogP contribution in [0.4, 0.5) is 0 Å². The van der Waals surface area contributed by atoms with Gasteiger partial charge in [0.15, 0.2) is 6.29 Å². The molecule has 0 saturated carbocycles. The Bertz CT molecular complexity index is 287. The standard InChI is InChI=1S/C12H18O4/c1-3-14-8(2)15-12(13)7-9-6-10-4-5-11(9)16-10/h4-5,8-11H,3,6-7H2,1-2H3. The van der Waals surface area contributed by atoms with Gasteiger partial charge in [0.2, 0.25) is 0 Å². The summed E-state index contributed by atoms with van der Waals surface area (Å²) in [5.74, 6) is 0.0758. The molecule has 1 saturated heterocycles. The highest BCUT2D eigenvalue weighted by Gasteiger charge is 2.38. The van der Waals surface area contributed by atoms with Crippen LogP contribution in [0, 0.1) is 5.92 Å². The molecule has 2 heterocycles. The minimum atomic E-state index is -0.451. The van der Waals surface area contributed by atoms with Gasteiger partial charge in [-0.2, -0.15) is 0 Å². The van der Waals surface area contributed by atoms with Crippen molar-refractivity contribution in [1.29, 1.82) is 0 Å². The topological polar surface area (TPSA) is 44.8 Å². The van der Waals surface area contributed by atoms with E-state index in [1.54, 1.807) is 6.92 Å². The van der Waals surface area contributed by atoms with Crippen molar-refractivity contribution in [3.63, 3.8) is 0 Å². The monoisotopic (exact) mass is 226 g/mol. The van der Waals surface area contributed by atoms with E-state index in [1.165, 1.54) is 0 Å². The SMILES string of the molecule is CCOC(C)OC(=O)CC1CC2C=CC1O2. The van der Waals surface area contributed by atoms with Crippen LogP contribution in [0.3, 0.4) is 0 Å². The first-order valence-electron chi connectivity index (χ1n) is 5.84. The highest BCUT2D eigenvalue weighted by Crippen LogP contribution is 2.35. The summed E-state index contributed by atoms with van der Waals surface area (Å²) in [6.45, 7) is 4.16. The van der Waals surface area contributed by atoms with Crippen LogP contribution in [0.15, 0.2) is 12.2 Å². The zero-order valence-corrected chi connectivity index (χ0v) is 9.72. The number of fused-ring (bicyclic) bond motifs is 2. The van der Waals surface area contributed by atoms with Crippen molar-refractivity contribution >= 4 is 5.97 Å². The Labute approximate surface area is 95.6 Å². The lowest BCUT2D eigenvalue weighted by Gasteiger charge is -2.17. The molecule has 2 rings (SSSR count). The van der Waals surface area contributed by atoms with Gasteiger partial charge in [-0.15, -0.1) is 0 Å². The van der Waals surface area contributed by atoms with E-state index in [9.17, 15) is 4.79 Å². The molecule has 4 unspecified atom stereocenters. The van der Waals surface area contributed by atoms with Crippen LogP contribution in [-0.2, 0) is 19.0 Å². The summed E-state index contributed by atoms with van der Waals surface area (Å²) in [6.07, 6.45) is 5.33. The second kappa shape index (κ2) is 4.97. The van der Waals surface area contributed by atoms with E-state index in [1.807, 2.05) is 13.0 Å². The van der Waals surface area contributed by atoms with Crippen LogP contribution in [-0.4, -0.2) is 31.1 Å². The van der Waals surface area contributed by atoms with Crippen LogP contribution in [0.1, 0.15) is 26.7 Å². The van der Waals surface area contributed by atoms with Crippen LogP contribution < -0.4 is 0 Å². The number of hydrogen-bond donors (Lipinski definition) is 0. The van der Waals surface area contributed by atoms with E-state index in [0.717, 1.165) is 6.42 Å². The summed E-state index contributed by atoms with van der Waals surface area (Å²) in [6, 6.07) is 0. The zero-order valence-electron chi connectivity index (χ0n) is 9.72. The Balaban J connectivity index is 1.73. The molecule has 0 radical (unpaired) electrons. The van der Waals surface area contributed by atoms with E-state index < -0.39 is 6.29 Å². The average Bonchev–Trinajstić information content (AvgIpc) is 2.78. The van der Waals surface area contributed by atoms with Crippen molar-refractivity contribution in [1.82, 2.24) is 0 Å². The third-order valence-corrected chi connectivity index (χ3v) is 2.97. The summed E-state index contributed by atoms with van der Waals surface area (Å²) < 4.78 is 15.9. The Kier molecular flexibility index (Phi) is 3.61. The maximum absolute atomic E-state index is 11.6. The molecule has 4 heteroatoms. The second-order valence-corrected chi connectivity index (χ2v) is 4.24. The minimum Gasteiger partial charge on any atom is -0.436 e. The highest BCUT2D eigenvalue weighted by atomic mass is 16.7. The van der Waals surface area contributed by atoms with Crippen molar-refractivity contribution in [2.24, 2.45) is 5.92 Å². The lowest BCUT2D eigenvalue weighted by molar-refractivity contribution is -0.175. The average molecular weight is 226 g/mol. The van der Waals surface area contributed by atoms with Gasteiger partial charge in [-0.3, -0.25) is 4.79 Å². The number of carbonyl (C=O) groups is 1. The van der Waals surface area contributed by atoms with Crippen molar-refractivity contribution in [2.45, 2.75) is 45.2 Å². The van der Waals surface area contributed by atoms with E-state index in [2.05, 4.69) is 6.08 Å². The van der Waals surface area contributed by atoms with Crippen molar-refractivity contribution < 1.29 is 19.0 Å². The van der Waals surface area contributed by atoms with Gasteiger partial charge in [-0.25, -0.2) is 0 Å². The normalized spacial score (nSPS) is 33.0. The zero-order chi connectivity index (χ0) is 11.5. The molecule has 0 aromatic carbocycles. The lowest BCUT2D eigenvalue weighted by atomic mass is 9.91. The van der Waals surface area contributed by atoms with E-state index >= 15 is 0 Å². The fourth-order valence-electron chi connectivity index (χ4n) is 2.28. The van der Waals surface area contributed by atoms with Crippen molar-refractivity contribution in [2.75, 3.05) is 6.61 Å². The Hall–Kier alpha value is -0.870. The molecule has 0 spiro atoms. The van der Waals surface area contributed by atoms with Crippen LogP contribution in [0.5, 0.6) is 0 Å². The van der Waals surface area contributed by atoms with Gasteiger partial charge in [-0.05, 0) is 20.3 Å². The Morgan fingerprint density at radius 3 is 2.94 bits per heavy atom. The summed E-state index contributed by atoms with van der Waals surface area (Å²) >= 11 is 0. The third kappa shape index (κ3) is 2.62. The molecule has 16 heavy (non-hydrogen) atoms. The van der Waals surface area contributed by atoms with E-state index in [-0.39, 0.29) is 24.1 Å². The molecule has 4 atom stereocenters. The van der Waals surface area contributed by atoms with Gasteiger partial charge in [0.25, 0.3) is 0 Å². The molecule has 0 aromatic rings. The fraction of sp³-hybridized carbons (Fsp3) is 0.750. The van der Waals surface area contributed by atoms with E-state index in [0.29, 0.717) is 13.0 Å². The molecule has 90 valence electrons. The van der Waals surface area contributed by atoms with Gasteiger partial charge in [0, 0.05) is 12.5 Å². The molecule has 2 bridgehead atoms. The summed E-state index contributed by atoms with van der Waals surface area (Å²) in [7, 11) is 0. The van der Waals surface area contributed by atoms with Crippen LogP contribution >= 0.6 is 0 Å². The lowest BCUT2D eigenvalue weighted by Crippen LogP contribution is -2.23. The second-order valence-electron chi connectivity index (χ2n) is 4.24. The van der Waals surface area contributed by atoms with E-state index in [4.69, 9.17) is 14.2 Å². The minimum absolute atomic E-state index is 0.111. The molecule has 0 aliphatic carbocycles.